The fraction of sp³-hybridized carbons (Fsp3) is 0.409. The van der Waals surface area contributed by atoms with Crippen LogP contribution in [-0.2, 0) is 11.2 Å². The minimum absolute atomic E-state index is 0.147. The molecule has 2 heterocycles. The molecule has 0 unspecified atom stereocenters. The maximum absolute atomic E-state index is 12.9. The molecule has 5 heteroatoms. The summed E-state index contributed by atoms with van der Waals surface area (Å²) in [5.41, 5.74) is 1.96. The molecule has 4 nitrogen and oxygen atoms in total. The summed E-state index contributed by atoms with van der Waals surface area (Å²) in [6.45, 7) is 1.79. The molecule has 0 aliphatic carbocycles. The third kappa shape index (κ3) is 3.97. The van der Waals surface area contributed by atoms with E-state index in [2.05, 4.69) is 0 Å². The van der Waals surface area contributed by atoms with Crippen molar-refractivity contribution in [3.63, 3.8) is 0 Å². The minimum atomic E-state index is -0.463. The molecule has 1 fully saturated rings. The predicted molar refractivity (Wildman–Crippen MR) is 105 cm³/mol. The van der Waals surface area contributed by atoms with E-state index in [-0.39, 0.29) is 17.7 Å². The zero-order valence-electron chi connectivity index (χ0n) is 15.2. The summed E-state index contributed by atoms with van der Waals surface area (Å²) in [6, 6.07) is 15.3. The van der Waals surface area contributed by atoms with Gasteiger partial charge in [0.2, 0.25) is 5.91 Å². The largest absolute Gasteiger partial charge is 0.492 e. The highest BCUT2D eigenvalue weighted by molar-refractivity contribution is 6.30. The van der Waals surface area contributed by atoms with Crippen LogP contribution in [0.5, 0.6) is 5.75 Å². The van der Waals surface area contributed by atoms with E-state index in [1.807, 2.05) is 53.4 Å². The fourth-order valence-corrected chi connectivity index (χ4v) is 4.33. The van der Waals surface area contributed by atoms with Gasteiger partial charge in [-0.2, -0.15) is 0 Å². The van der Waals surface area contributed by atoms with E-state index in [1.54, 1.807) is 0 Å². The Balaban J connectivity index is 1.35. The lowest BCUT2D eigenvalue weighted by molar-refractivity contribution is -0.139. The fourth-order valence-electron chi connectivity index (χ4n) is 4.14. The number of piperidine rings is 1. The first kappa shape index (κ1) is 18.3. The highest BCUT2D eigenvalue weighted by atomic mass is 35.5. The molecule has 142 valence electrons. The van der Waals surface area contributed by atoms with Crippen LogP contribution in [-0.4, -0.2) is 35.6 Å². The number of hydrogen-bond acceptors (Lipinski definition) is 3. The molecule has 2 atom stereocenters. The molecular formula is C22H24ClNO3. The molecule has 2 aromatic carbocycles. The van der Waals surface area contributed by atoms with E-state index >= 15 is 0 Å². The highest BCUT2D eigenvalue weighted by Gasteiger charge is 2.33. The van der Waals surface area contributed by atoms with Gasteiger partial charge in [-0.1, -0.05) is 41.9 Å². The lowest BCUT2D eigenvalue weighted by atomic mass is 9.86. The van der Waals surface area contributed by atoms with Crippen molar-refractivity contribution in [2.45, 2.75) is 25.4 Å². The van der Waals surface area contributed by atoms with E-state index in [9.17, 15) is 9.90 Å². The zero-order valence-corrected chi connectivity index (χ0v) is 15.9. The molecule has 0 aromatic heterocycles. The lowest BCUT2D eigenvalue weighted by Gasteiger charge is -2.37. The summed E-state index contributed by atoms with van der Waals surface area (Å²) in [5, 5.41) is 11.3. The van der Waals surface area contributed by atoms with E-state index in [0.717, 1.165) is 29.7 Å². The number of amides is 1. The molecule has 2 aliphatic heterocycles. The lowest BCUT2D eigenvalue weighted by Crippen LogP contribution is -2.45. The maximum Gasteiger partial charge on any atom is 0.229 e. The number of benzene rings is 2. The number of aliphatic hydroxyl groups is 1. The van der Waals surface area contributed by atoms with Gasteiger partial charge in [-0.05, 0) is 54.5 Å². The second-order valence-electron chi connectivity index (χ2n) is 7.48. The molecule has 2 aliphatic rings. The van der Waals surface area contributed by atoms with Crippen LogP contribution < -0.4 is 4.74 Å². The molecule has 0 spiro atoms. The average Bonchev–Trinajstić information content (AvgIpc) is 2.73. The molecule has 2 aromatic rings. The summed E-state index contributed by atoms with van der Waals surface area (Å²) in [5.74, 6) is 1.01. The molecule has 27 heavy (non-hydrogen) atoms. The molecule has 0 bridgehead atoms. The van der Waals surface area contributed by atoms with Crippen LogP contribution in [0.1, 0.15) is 30.1 Å². The Labute approximate surface area is 164 Å². The van der Waals surface area contributed by atoms with Crippen LogP contribution in [0.25, 0.3) is 0 Å². The number of halogens is 1. The highest BCUT2D eigenvalue weighted by Crippen LogP contribution is 2.33. The third-order valence-electron chi connectivity index (χ3n) is 5.72. The Bertz CT molecular complexity index is 802. The first-order valence-corrected chi connectivity index (χ1v) is 9.92. The Morgan fingerprint density at radius 2 is 1.89 bits per heavy atom. The monoisotopic (exact) mass is 385 g/mol. The number of aliphatic hydroxyl groups excluding tert-OH is 1. The SMILES string of the molecule is O=C([C@@H]1COc2ccc(Cl)cc2C1)N1CCC([C@@H](O)c2ccccc2)CC1. The summed E-state index contributed by atoms with van der Waals surface area (Å²) in [6.07, 6.45) is 1.84. The van der Waals surface area contributed by atoms with Crippen molar-refractivity contribution >= 4 is 17.5 Å². The van der Waals surface area contributed by atoms with Crippen molar-refractivity contribution in [1.82, 2.24) is 4.90 Å². The van der Waals surface area contributed by atoms with Crippen molar-refractivity contribution in [2.24, 2.45) is 11.8 Å². The summed E-state index contributed by atoms with van der Waals surface area (Å²) < 4.78 is 5.77. The van der Waals surface area contributed by atoms with Crippen LogP contribution in [0.15, 0.2) is 48.5 Å². The van der Waals surface area contributed by atoms with Crippen molar-refractivity contribution in [2.75, 3.05) is 19.7 Å². The first-order valence-electron chi connectivity index (χ1n) is 9.55. The van der Waals surface area contributed by atoms with Crippen LogP contribution in [0, 0.1) is 11.8 Å². The molecule has 1 amide bonds. The van der Waals surface area contributed by atoms with Crippen LogP contribution in [0.4, 0.5) is 0 Å². The second kappa shape index (κ2) is 7.91. The van der Waals surface area contributed by atoms with Crippen LogP contribution >= 0.6 is 11.6 Å². The molecule has 1 saturated heterocycles. The van der Waals surface area contributed by atoms with Gasteiger partial charge in [0.1, 0.15) is 12.4 Å². The number of carbonyl (C=O) groups excluding carboxylic acids is 1. The maximum atomic E-state index is 12.9. The van der Waals surface area contributed by atoms with Crippen molar-refractivity contribution in [3.05, 3.63) is 64.7 Å². The van der Waals surface area contributed by atoms with Gasteiger partial charge in [0.05, 0.1) is 12.0 Å². The normalized spacial score (nSPS) is 21.3. The van der Waals surface area contributed by atoms with Gasteiger partial charge in [0.15, 0.2) is 0 Å². The number of carbonyl (C=O) groups is 1. The number of likely N-dealkylation sites (tertiary alicyclic amines) is 1. The standard InChI is InChI=1S/C22H24ClNO3/c23-19-6-7-20-17(13-19)12-18(14-27-20)22(26)24-10-8-16(9-11-24)21(25)15-4-2-1-3-5-15/h1-7,13,16,18,21,25H,8-12,14H2/t18-,21-/m0/s1. The van der Waals surface area contributed by atoms with Gasteiger partial charge in [-0.25, -0.2) is 0 Å². The number of ether oxygens (including phenoxy) is 1. The summed E-state index contributed by atoms with van der Waals surface area (Å²) in [4.78, 5) is 14.9. The Kier molecular flexibility index (Phi) is 5.37. The van der Waals surface area contributed by atoms with Gasteiger partial charge in [0, 0.05) is 18.1 Å². The van der Waals surface area contributed by atoms with E-state index < -0.39 is 6.10 Å². The Morgan fingerprint density at radius 3 is 2.63 bits per heavy atom. The van der Waals surface area contributed by atoms with Crippen molar-refractivity contribution in [3.8, 4) is 5.75 Å². The number of nitrogens with zero attached hydrogens (tertiary/aromatic N) is 1. The zero-order chi connectivity index (χ0) is 18.8. The van der Waals surface area contributed by atoms with Crippen LogP contribution in [0.3, 0.4) is 0 Å². The number of rotatable bonds is 3. The second-order valence-corrected chi connectivity index (χ2v) is 7.92. The Hall–Kier alpha value is -2.04. The van der Waals surface area contributed by atoms with Gasteiger partial charge < -0.3 is 14.7 Å². The molecular weight excluding hydrogens is 362 g/mol. The summed E-state index contributed by atoms with van der Waals surface area (Å²) in [7, 11) is 0. The van der Waals surface area contributed by atoms with Crippen LogP contribution in [0.2, 0.25) is 5.02 Å². The average molecular weight is 386 g/mol. The van der Waals surface area contributed by atoms with E-state index in [4.69, 9.17) is 16.3 Å². The van der Waals surface area contributed by atoms with E-state index in [1.165, 1.54) is 0 Å². The minimum Gasteiger partial charge on any atom is -0.492 e. The summed E-state index contributed by atoms with van der Waals surface area (Å²) >= 11 is 6.07. The Morgan fingerprint density at radius 1 is 1.15 bits per heavy atom. The van der Waals surface area contributed by atoms with Crippen molar-refractivity contribution in [1.29, 1.82) is 0 Å². The number of fused-ring (bicyclic) bond motifs is 1. The topological polar surface area (TPSA) is 49.8 Å². The first-order chi connectivity index (χ1) is 13.1. The van der Waals surface area contributed by atoms with Gasteiger partial charge in [-0.3, -0.25) is 4.79 Å². The molecule has 4 rings (SSSR count). The van der Waals surface area contributed by atoms with Gasteiger partial charge in [0.25, 0.3) is 0 Å². The third-order valence-corrected chi connectivity index (χ3v) is 5.95. The molecule has 0 radical (unpaired) electrons. The predicted octanol–water partition coefficient (Wildman–Crippen LogP) is 3.86. The van der Waals surface area contributed by atoms with Gasteiger partial charge >= 0.3 is 0 Å². The quantitative estimate of drug-likeness (QED) is 0.872. The van der Waals surface area contributed by atoms with E-state index in [0.29, 0.717) is 31.1 Å². The van der Waals surface area contributed by atoms with Gasteiger partial charge in [-0.15, -0.1) is 0 Å². The smallest absolute Gasteiger partial charge is 0.229 e. The molecule has 0 saturated carbocycles. The van der Waals surface area contributed by atoms with Crippen molar-refractivity contribution < 1.29 is 14.6 Å². The molecule has 1 N–H and O–H groups in total. The number of hydrogen-bond donors (Lipinski definition) is 1.